The second kappa shape index (κ2) is 7.36. The fourth-order valence-corrected chi connectivity index (χ4v) is 2.62. The van der Waals surface area contributed by atoms with Crippen molar-refractivity contribution in [1.82, 2.24) is 9.88 Å². The minimum absolute atomic E-state index is 0.267. The molecule has 0 aliphatic carbocycles. The molecule has 0 unspecified atom stereocenters. The minimum Gasteiger partial charge on any atom is -0.444 e. The maximum absolute atomic E-state index is 12.1. The van der Waals surface area contributed by atoms with Gasteiger partial charge in [0, 0.05) is 33.3 Å². The zero-order valence-electron chi connectivity index (χ0n) is 14.1. The molecule has 1 aromatic heterocycles. The molecule has 0 aromatic carbocycles. The summed E-state index contributed by atoms with van der Waals surface area (Å²) in [6.45, 7) is 8.69. The van der Waals surface area contributed by atoms with E-state index in [2.05, 4.69) is 9.88 Å². The van der Waals surface area contributed by atoms with Crippen LogP contribution < -0.4 is 4.90 Å². The molecule has 23 heavy (non-hydrogen) atoms. The van der Waals surface area contributed by atoms with E-state index in [1.165, 1.54) is 0 Å². The van der Waals surface area contributed by atoms with Gasteiger partial charge in [-0.25, -0.2) is 9.78 Å². The van der Waals surface area contributed by atoms with E-state index in [4.69, 9.17) is 21.1 Å². The van der Waals surface area contributed by atoms with Gasteiger partial charge >= 0.3 is 6.09 Å². The molecule has 2 heterocycles. The summed E-state index contributed by atoms with van der Waals surface area (Å²) in [6, 6.07) is 3.77. The van der Waals surface area contributed by atoms with Crippen molar-refractivity contribution in [3.8, 4) is 0 Å². The summed E-state index contributed by atoms with van der Waals surface area (Å²) in [7, 11) is 1.65. The molecule has 1 aliphatic rings. The first-order chi connectivity index (χ1) is 10.8. The van der Waals surface area contributed by atoms with Crippen LogP contribution >= 0.6 is 11.6 Å². The van der Waals surface area contributed by atoms with Crippen LogP contribution in [0.15, 0.2) is 12.1 Å². The third-order valence-electron chi connectivity index (χ3n) is 3.41. The molecule has 6 nitrogen and oxygen atoms in total. The molecule has 0 radical (unpaired) electrons. The molecular formula is C16H24ClN3O3. The summed E-state index contributed by atoms with van der Waals surface area (Å²) in [6.07, 6.45) is -0.267. The van der Waals surface area contributed by atoms with Crippen LogP contribution in [-0.4, -0.2) is 54.9 Å². The Kier molecular flexibility index (Phi) is 5.70. The Morgan fingerprint density at radius 3 is 2.48 bits per heavy atom. The average molecular weight is 342 g/mol. The highest BCUT2D eigenvalue weighted by Crippen LogP contribution is 2.21. The smallest absolute Gasteiger partial charge is 0.410 e. The number of anilines is 1. The van der Waals surface area contributed by atoms with Gasteiger partial charge in [0.2, 0.25) is 0 Å². The lowest BCUT2D eigenvalue weighted by atomic mass is 10.2. The zero-order valence-corrected chi connectivity index (χ0v) is 14.9. The van der Waals surface area contributed by atoms with E-state index in [0.29, 0.717) is 37.9 Å². The normalized spacial score (nSPS) is 15.7. The van der Waals surface area contributed by atoms with Gasteiger partial charge in [0.25, 0.3) is 0 Å². The number of carbonyl (C=O) groups is 1. The molecule has 1 saturated heterocycles. The number of pyridine rings is 1. The summed E-state index contributed by atoms with van der Waals surface area (Å²) < 4.78 is 10.5. The van der Waals surface area contributed by atoms with Crippen LogP contribution in [0.2, 0.25) is 5.15 Å². The molecule has 2 rings (SSSR count). The van der Waals surface area contributed by atoms with Gasteiger partial charge in [-0.2, -0.15) is 0 Å². The molecular weight excluding hydrogens is 318 g/mol. The molecule has 1 amide bonds. The van der Waals surface area contributed by atoms with Crippen molar-refractivity contribution in [3.63, 3.8) is 0 Å². The third-order valence-corrected chi connectivity index (χ3v) is 3.60. The molecule has 1 aliphatic heterocycles. The number of aromatic nitrogens is 1. The third kappa shape index (κ3) is 5.25. The van der Waals surface area contributed by atoms with E-state index in [1.54, 1.807) is 18.1 Å². The molecule has 7 heteroatoms. The Hall–Kier alpha value is -1.53. The van der Waals surface area contributed by atoms with Crippen LogP contribution in [-0.2, 0) is 16.1 Å². The molecule has 0 saturated carbocycles. The quantitative estimate of drug-likeness (QED) is 0.791. The first-order valence-electron chi connectivity index (χ1n) is 7.67. The number of hydrogen-bond acceptors (Lipinski definition) is 5. The maximum Gasteiger partial charge on any atom is 0.410 e. The van der Waals surface area contributed by atoms with E-state index in [9.17, 15) is 4.79 Å². The zero-order chi connectivity index (χ0) is 17.0. The number of amides is 1. The topological polar surface area (TPSA) is 54.9 Å². The molecule has 0 bridgehead atoms. The number of halogens is 1. The van der Waals surface area contributed by atoms with Crippen LogP contribution in [0.3, 0.4) is 0 Å². The molecule has 0 N–H and O–H groups in total. The van der Waals surface area contributed by atoms with Gasteiger partial charge in [0.05, 0.1) is 6.61 Å². The van der Waals surface area contributed by atoms with Crippen LogP contribution in [0, 0.1) is 0 Å². The summed E-state index contributed by atoms with van der Waals surface area (Å²) in [5, 5.41) is 0.448. The van der Waals surface area contributed by atoms with E-state index >= 15 is 0 Å². The van der Waals surface area contributed by atoms with Crippen LogP contribution in [0.4, 0.5) is 10.6 Å². The number of carbonyl (C=O) groups excluding carboxylic acids is 1. The number of nitrogens with zero attached hydrogens (tertiary/aromatic N) is 3. The Morgan fingerprint density at radius 2 is 1.91 bits per heavy atom. The summed E-state index contributed by atoms with van der Waals surface area (Å²) in [5.41, 5.74) is 0.509. The highest BCUT2D eigenvalue weighted by atomic mass is 35.5. The highest BCUT2D eigenvalue weighted by Gasteiger charge is 2.26. The lowest BCUT2D eigenvalue weighted by Gasteiger charge is -2.36. The Morgan fingerprint density at radius 1 is 1.26 bits per heavy atom. The van der Waals surface area contributed by atoms with Crippen LogP contribution in [0.1, 0.15) is 26.3 Å². The Bertz CT molecular complexity index is 552. The summed E-state index contributed by atoms with van der Waals surface area (Å²) in [4.78, 5) is 20.3. The number of methoxy groups -OCH3 is 1. The minimum atomic E-state index is -0.474. The monoisotopic (exact) mass is 341 g/mol. The van der Waals surface area contributed by atoms with Crippen LogP contribution in [0.25, 0.3) is 0 Å². The van der Waals surface area contributed by atoms with Gasteiger partial charge in [0.1, 0.15) is 16.6 Å². The Labute approximate surface area is 142 Å². The molecule has 128 valence electrons. The van der Waals surface area contributed by atoms with Crippen molar-refractivity contribution >= 4 is 23.5 Å². The van der Waals surface area contributed by atoms with Crippen molar-refractivity contribution in [2.24, 2.45) is 0 Å². The van der Waals surface area contributed by atoms with Gasteiger partial charge in [0.15, 0.2) is 0 Å². The molecule has 1 fully saturated rings. The first-order valence-corrected chi connectivity index (χ1v) is 8.04. The van der Waals surface area contributed by atoms with Crippen LogP contribution in [0.5, 0.6) is 0 Å². The first kappa shape index (κ1) is 17.8. The van der Waals surface area contributed by atoms with Crippen molar-refractivity contribution in [3.05, 3.63) is 22.8 Å². The SMILES string of the molecule is COCc1cc(Cl)nc(N2CCN(C(=O)OC(C)(C)C)CC2)c1. The number of piperazine rings is 1. The maximum atomic E-state index is 12.1. The van der Waals surface area contributed by atoms with Gasteiger partial charge in [-0.05, 0) is 38.5 Å². The number of rotatable bonds is 3. The standard InChI is InChI=1S/C16H24ClN3O3/c1-16(2,3)23-15(21)20-7-5-19(6-8-20)14-10-12(11-22-4)9-13(17)18-14/h9-10H,5-8,11H2,1-4H3. The molecule has 0 spiro atoms. The van der Waals surface area contributed by atoms with E-state index in [0.717, 1.165) is 11.4 Å². The van der Waals surface area contributed by atoms with Crippen molar-refractivity contribution < 1.29 is 14.3 Å². The van der Waals surface area contributed by atoms with Crippen molar-refractivity contribution in [1.29, 1.82) is 0 Å². The second-order valence-corrected chi connectivity index (χ2v) is 6.93. The van der Waals surface area contributed by atoms with Crippen molar-refractivity contribution in [2.75, 3.05) is 38.2 Å². The predicted octanol–water partition coefficient (Wildman–Crippen LogP) is 2.94. The number of ether oxygens (including phenoxy) is 2. The number of hydrogen-bond donors (Lipinski definition) is 0. The lowest BCUT2D eigenvalue weighted by molar-refractivity contribution is 0.0240. The highest BCUT2D eigenvalue weighted by molar-refractivity contribution is 6.29. The average Bonchev–Trinajstić information content (AvgIpc) is 2.45. The molecule has 1 aromatic rings. The van der Waals surface area contributed by atoms with E-state index in [1.807, 2.05) is 26.8 Å². The van der Waals surface area contributed by atoms with Gasteiger partial charge < -0.3 is 19.3 Å². The Balaban J connectivity index is 1.98. The van der Waals surface area contributed by atoms with E-state index in [-0.39, 0.29) is 6.09 Å². The largest absolute Gasteiger partial charge is 0.444 e. The predicted molar refractivity (Wildman–Crippen MR) is 90.0 cm³/mol. The van der Waals surface area contributed by atoms with Gasteiger partial charge in [-0.15, -0.1) is 0 Å². The van der Waals surface area contributed by atoms with Gasteiger partial charge in [-0.1, -0.05) is 11.6 Å². The lowest BCUT2D eigenvalue weighted by Crippen LogP contribution is -2.50. The fraction of sp³-hybridized carbons (Fsp3) is 0.625. The second-order valence-electron chi connectivity index (χ2n) is 6.54. The molecule has 0 atom stereocenters. The van der Waals surface area contributed by atoms with E-state index < -0.39 is 5.60 Å². The van der Waals surface area contributed by atoms with Crippen molar-refractivity contribution in [2.45, 2.75) is 33.0 Å². The fourth-order valence-electron chi connectivity index (χ4n) is 2.39. The summed E-state index contributed by atoms with van der Waals surface area (Å²) >= 11 is 6.08. The van der Waals surface area contributed by atoms with Gasteiger partial charge in [-0.3, -0.25) is 0 Å². The summed E-state index contributed by atoms with van der Waals surface area (Å²) in [5.74, 6) is 0.813.